The van der Waals surface area contributed by atoms with E-state index in [1.54, 1.807) is 24.3 Å². The average Bonchev–Trinajstić information content (AvgIpc) is 2.88. The molecule has 18 heavy (non-hydrogen) atoms. The third-order valence-corrected chi connectivity index (χ3v) is 3.55. The van der Waals surface area contributed by atoms with Crippen molar-refractivity contribution >= 4 is 27.4 Å². The highest BCUT2D eigenvalue weighted by Crippen LogP contribution is 2.31. The number of hydrogen-bond donors (Lipinski definition) is 2. The van der Waals surface area contributed by atoms with Crippen molar-refractivity contribution in [3.8, 4) is 16.3 Å². The van der Waals surface area contributed by atoms with Crippen LogP contribution in [-0.2, 0) is 0 Å². The molecule has 0 fully saturated rings. The Morgan fingerprint density at radius 2 is 2.33 bits per heavy atom. The minimum Gasteiger partial charge on any atom is -0.508 e. The number of benzene rings is 1. The van der Waals surface area contributed by atoms with Gasteiger partial charge in [0.05, 0.1) is 10.2 Å². The molecule has 0 saturated carbocycles. The molecule has 2 aromatic heterocycles. The molecule has 0 aliphatic carbocycles. The molecule has 0 bridgehead atoms. The van der Waals surface area contributed by atoms with Crippen LogP contribution in [-0.4, -0.2) is 22.1 Å². The second kappa shape index (κ2) is 4.27. The van der Waals surface area contributed by atoms with Crippen LogP contribution >= 0.6 is 11.3 Å². The van der Waals surface area contributed by atoms with E-state index in [0.717, 1.165) is 15.8 Å². The lowest BCUT2D eigenvalue weighted by atomic mass is 10.3. The maximum atomic E-state index is 9.47. The summed E-state index contributed by atoms with van der Waals surface area (Å²) < 4.78 is 29.9. The van der Waals surface area contributed by atoms with Crippen LogP contribution in [0.25, 0.3) is 20.8 Å². The Morgan fingerprint density at radius 3 is 3.11 bits per heavy atom. The summed E-state index contributed by atoms with van der Waals surface area (Å²) in [6, 6.07) is 8.08. The van der Waals surface area contributed by atoms with E-state index in [4.69, 9.17) is 5.52 Å². The molecule has 0 amide bonds. The molecule has 2 N–H and O–H groups in total. The topological polar surface area (TPSA) is 58.0 Å². The van der Waals surface area contributed by atoms with Gasteiger partial charge in [0, 0.05) is 22.8 Å². The van der Waals surface area contributed by atoms with Crippen molar-refractivity contribution < 1.29 is 10.6 Å². The van der Waals surface area contributed by atoms with E-state index < -0.39 is 6.98 Å². The molecule has 0 spiro atoms. The van der Waals surface area contributed by atoms with Crippen LogP contribution in [0.2, 0.25) is 1.41 Å². The largest absolute Gasteiger partial charge is 0.508 e. The monoisotopic (exact) mass is 265 g/mol. The van der Waals surface area contributed by atoms with E-state index in [2.05, 4.69) is 9.97 Å². The van der Waals surface area contributed by atoms with Crippen LogP contribution in [0.15, 0.2) is 36.5 Å². The quantitative estimate of drug-likeness (QED) is 0.747. The molecule has 0 unspecified atom stereocenters. The molecule has 0 atom stereocenters. The minimum absolute atomic E-state index is 0.0440. The van der Waals surface area contributed by atoms with Gasteiger partial charge in [-0.05, 0) is 30.3 Å². The number of nitrogens with zero attached hydrogens (tertiary/aromatic N) is 2. The maximum absolute atomic E-state index is 9.47. The zero-order valence-corrected chi connectivity index (χ0v) is 9.98. The number of thiazole rings is 1. The SMILES string of the molecule is [3H]N(c1ccc(-c2nc3ccc(O)cc3s2)cn1)C([3H])([3H])[3H]. The van der Waals surface area contributed by atoms with E-state index >= 15 is 0 Å². The fraction of sp³-hybridized carbons (Fsp3) is 0.0769. The number of anilines is 1. The summed E-state index contributed by atoms with van der Waals surface area (Å²) in [5.74, 6) is 0.223. The Balaban J connectivity index is 1.94. The summed E-state index contributed by atoms with van der Waals surface area (Å²) in [4.78, 5) is 8.45. The smallest absolute Gasteiger partial charge is 0.161 e. The van der Waals surface area contributed by atoms with E-state index in [1.165, 1.54) is 23.6 Å². The van der Waals surface area contributed by atoms with Crippen LogP contribution in [0.1, 0.15) is 4.11 Å². The number of fused-ring (bicyclic) bond motifs is 1. The first-order valence-corrected chi connectivity index (χ1v) is 6.01. The molecule has 1 aromatic carbocycles. The number of hydrogen-bond acceptors (Lipinski definition) is 5. The lowest BCUT2D eigenvalue weighted by Crippen LogP contribution is -1.90. The molecular weight excluding hydrogens is 246 g/mol. The van der Waals surface area contributed by atoms with Gasteiger partial charge in [0.2, 0.25) is 0 Å². The van der Waals surface area contributed by atoms with Gasteiger partial charge in [0.25, 0.3) is 0 Å². The van der Waals surface area contributed by atoms with Gasteiger partial charge in [-0.15, -0.1) is 11.3 Å². The zero-order chi connectivity index (χ0) is 15.9. The second-order valence-corrected chi connectivity index (χ2v) is 4.72. The Hall–Kier alpha value is -2.14. The Labute approximate surface area is 114 Å². The number of nitrogens with one attached hydrogen (secondary N) is 1. The predicted molar refractivity (Wildman–Crippen MR) is 74.1 cm³/mol. The number of pyridine rings is 1. The number of rotatable bonds is 2. The number of aromatic hydroxyl groups is 1. The van der Waals surface area contributed by atoms with E-state index in [-0.39, 0.29) is 11.6 Å². The average molecular weight is 265 g/mol. The minimum atomic E-state index is -2.55. The maximum Gasteiger partial charge on any atom is 0.161 e. The standard InChI is InChI=1S/C13H11N3OS/c1-14-12-5-2-8(7-15-12)13-16-10-4-3-9(17)6-11(10)18-13/h2-7,17H,1H3,(H,14,15)/i1T3/hT. The molecule has 0 radical (unpaired) electrons. The molecule has 2 heterocycles. The molecule has 3 aromatic rings. The first kappa shape index (κ1) is 7.33. The summed E-state index contributed by atoms with van der Waals surface area (Å²) in [6.07, 6.45) is 1.49. The van der Waals surface area contributed by atoms with Gasteiger partial charge in [-0.25, -0.2) is 9.97 Å². The van der Waals surface area contributed by atoms with Gasteiger partial charge in [-0.3, -0.25) is 0 Å². The van der Waals surface area contributed by atoms with Gasteiger partial charge < -0.3 is 10.4 Å². The van der Waals surface area contributed by atoms with Gasteiger partial charge in [0.1, 0.15) is 16.6 Å². The van der Waals surface area contributed by atoms with Gasteiger partial charge in [-0.1, -0.05) is 0 Å². The van der Waals surface area contributed by atoms with Gasteiger partial charge >= 0.3 is 0 Å². The lowest BCUT2D eigenvalue weighted by Gasteiger charge is -1.99. The van der Waals surface area contributed by atoms with Crippen LogP contribution in [0.5, 0.6) is 5.75 Å². The molecule has 3 rings (SSSR count). The predicted octanol–water partition coefficient (Wildman–Crippen LogP) is 3.11. The second-order valence-electron chi connectivity index (χ2n) is 3.69. The van der Waals surface area contributed by atoms with Crippen molar-refractivity contribution in [1.82, 2.24) is 9.97 Å². The first-order chi connectivity index (χ1) is 10.3. The Kier molecular flexibility index (Phi) is 1.74. The fourth-order valence-electron chi connectivity index (χ4n) is 1.62. The van der Waals surface area contributed by atoms with Crippen molar-refractivity contribution in [2.24, 2.45) is 0 Å². The van der Waals surface area contributed by atoms with Crippen LogP contribution < -0.4 is 5.31 Å². The number of aromatic nitrogens is 2. The third-order valence-electron chi connectivity index (χ3n) is 2.48. The molecule has 5 heteroatoms. The molecular formula is C13H11N3OS. The highest BCUT2D eigenvalue weighted by Gasteiger charge is 2.07. The normalized spacial score (nSPS) is 14.7. The van der Waals surface area contributed by atoms with E-state index in [9.17, 15) is 5.11 Å². The highest BCUT2D eigenvalue weighted by molar-refractivity contribution is 7.21. The van der Waals surface area contributed by atoms with Gasteiger partial charge in [-0.2, -0.15) is 0 Å². The van der Waals surface area contributed by atoms with E-state index in [0.29, 0.717) is 10.3 Å². The van der Waals surface area contributed by atoms with Crippen LogP contribution in [0, 0.1) is 0 Å². The molecule has 0 aliphatic rings. The number of phenols is 1. The van der Waals surface area contributed by atoms with Crippen molar-refractivity contribution in [1.29, 1.82) is 0 Å². The van der Waals surface area contributed by atoms with Crippen molar-refractivity contribution in [3.63, 3.8) is 0 Å². The summed E-state index contributed by atoms with van der Waals surface area (Å²) >= 11 is 1.40. The lowest BCUT2D eigenvalue weighted by molar-refractivity contribution is 0.476. The number of phenolic OH excluding ortho intramolecular Hbond substituents is 1. The summed E-state index contributed by atoms with van der Waals surface area (Å²) in [6.45, 7) is -2.55. The highest BCUT2D eigenvalue weighted by atomic mass is 32.1. The van der Waals surface area contributed by atoms with Crippen molar-refractivity contribution in [2.45, 2.75) is 0 Å². The Bertz CT molecular complexity index is 816. The van der Waals surface area contributed by atoms with E-state index in [1.807, 2.05) is 0 Å². The van der Waals surface area contributed by atoms with Crippen LogP contribution in [0.4, 0.5) is 5.82 Å². The van der Waals surface area contributed by atoms with Crippen molar-refractivity contribution in [2.75, 3.05) is 12.3 Å². The van der Waals surface area contributed by atoms with Crippen molar-refractivity contribution in [3.05, 3.63) is 36.5 Å². The molecule has 0 aliphatic heterocycles. The zero-order valence-electron chi connectivity index (χ0n) is 13.2. The fourth-order valence-corrected chi connectivity index (χ4v) is 2.60. The van der Waals surface area contributed by atoms with Gasteiger partial charge in [0.15, 0.2) is 1.41 Å². The Morgan fingerprint density at radius 1 is 1.39 bits per heavy atom. The molecule has 4 nitrogen and oxygen atoms in total. The summed E-state index contributed by atoms with van der Waals surface area (Å²) in [5, 5.41) is 10.6. The third kappa shape index (κ3) is 1.89. The summed E-state index contributed by atoms with van der Waals surface area (Å²) in [7, 11) is 0. The first-order valence-electron chi connectivity index (χ1n) is 7.14. The molecule has 90 valence electrons. The van der Waals surface area contributed by atoms with Crippen LogP contribution in [0.3, 0.4) is 0 Å². The molecule has 0 saturated heterocycles. The summed E-state index contributed by atoms with van der Waals surface area (Å²) in [5.41, 5.74) is 1.50.